The summed E-state index contributed by atoms with van der Waals surface area (Å²) in [5, 5.41) is 3.43. The van der Waals surface area contributed by atoms with Crippen molar-refractivity contribution < 1.29 is 23.7 Å². The van der Waals surface area contributed by atoms with E-state index >= 15 is 0 Å². The second-order valence-electron chi connectivity index (χ2n) is 6.58. The van der Waals surface area contributed by atoms with Gasteiger partial charge in [0.25, 0.3) is 0 Å². The number of ether oxygens (including phenoxy) is 4. The Balaban J connectivity index is 1.95. The highest BCUT2D eigenvalue weighted by Crippen LogP contribution is 2.40. The van der Waals surface area contributed by atoms with Crippen molar-refractivity contribution in [2.24, 2.45) is 0 Å². The number of hydrogen-bond donors (Lipinski definition) is 1. The molecule has 1 aliphatic rings. The van der Waals surface area contributed by atoms with Gasteiger partial charge in [0.15, 0.2) is 17.2 Å². The van der Waals surface area contributed by atoms with Gasteiger partial charge in [-0.3, -0.25) is 5.32 Å². The molecule has 3 rings (SSSR count). The molecule has 0 bridgehead atoms. The normalized spacial score (nSPS) is 21.6. The first-order valence-electron chi connectivity index (χ1n) is 8.89. The molecular weight excluding hydrogens is 346 g/mol. The van der Waals surface area contributed by atoms with Gasteiger partial charge in [-0.15, -0.1) is 0 Å². The fourth-order valence-corrected chi connectivity index (χ4v) is 3.45. The molecule has 144 valence electrons. The first-order chi connectivity index (χ1) is 13.0. The second kappa shape index (κ2) is 7.88. The second-order valence-corrected chi connectivity index (χ2v) is 6.58. The molecule has 0 saturated carbocycles. The van der Waals surface area contributed by atoms with E-state index in [1.807, 2.05) is 30.3 Å². The lowest BCUT2D eigenvalue weighted by Crippen LogP contribution is -2.43. The molecule has 1 N–H and O–H groups in total. The fraction of sp³-hybridized carbons (Fsp3) is 0.381. The summed E-state index contributed by atoms with van der Waals surface area (Å²) in [5.74, 6) is 0.789. The lowest BCUT2D eigenvalue weighted by molar-refractivity contribution is -0.0328. The van der Waals surface area contributed by atoms with E-state index in [0.29, 0.717) is 29.2 Å². The molecule has 2 atom stereocenters. The molecule has 1 saturated heterocycles. The third kappa shape index (κ3) is 3.71. The lowest BCUT2D eigenvalue weighted by atomic mass is 10.0. The van der Waals surface area contributed by atoms with Crippen molar-refractivity contribution in [3.8, 4) is 17.2 Å². The predicted octanol–water partition coefficient (Wildman–Crippen LogP) is 3.49. The molecule has 2 aromatic carbocycles. The highest BCUT2D eigenvalue weighted by atomic mass is 16.6. The van der Waals surface area contributed by atoms with E-state index in [4.69, 9.17) is 18.9 Å². The van der Waals surface area contributed by atoms with Crippen LogP contribution in [-0.4, -0.2) is 33.3 Å². The van der Waals surface area contributed by atoms with Gasteiger partial charge in [0.1, 0.15) is 0 Å². The van der Waals surface area contributed by atoms with Crippen LogP contribution in [0.3, 0.4) is 0 Å². The van der Waals surface area contributed by atoms with Crippen molar-refractivity contribution in [1.29, 1.82) is 0 Å². The van der Waals surface area contributed by atoms with Crippen LogP contribution in [0.2, 0.25) is 0 Å². The number of esters is 1. The highest BCUT2D eigenvalue weighted by Gasteiger charge is 2.42. The van der Waals surface area contributed by atoms with Crippen molar-refractivity contribution in [3.63, 3.8) is 0 Å². The third-order valence-electron chi connectivity index (χ3n) is 4.82. The molecule has 6 heteroatoms. The van der Waals surface area contributed by atoms with Gasteiger partial charge in [0.2, 0.25) is 5.75 Å². The molecule has 6 nitrogen and oxygen atoms in total. The van der Waals surface area contributed by atoms with E-state index in [9.17, 15) is 4.79 Å². The number of benzene rings is 2. The molecule has 27 heavy (non-hydrogen) atoms. The topological polar surface area (TPSA) is 66.0 Å². The summed E-state index contributed by atoms with van der Waals surface area (Å²) in [4.78, 5) is 13.0. The summed E-state index contributed by atoms with van der Waals surface area (Å²) in [5.41, 5.74) is 0.411. The standard InChI is InChI=1S/C21H25NO5/c1-14-10-11-21(22-14,16-8-6-5-7-9-16)27-20(23)15-12-17(24-2)19(26-4)18(13-15)25-3/h5-9,12-14,22H,10-11H2,1-4H3. The Labute approximate surface area is 159 Å². The summed E-state index contributed by atoms with van der Waals surface area (Å²) in [7, 11) is 4.54. The maximum absolute atomic E-state index is 13.0. The van der Waals surface area contributed by atoms with Gasteiger partial charge >= 0.3 is 5.97 Å². The zero-order valence-corrected chi connectivity index (χ0v) is 16.1. The van der Waals surface area contributed by atoms with Gasteiger partial charge < -0.3 is 18.9 Å². The van der Waals surface area contributed by atoms with Crippen LogP contribution in [-0.2, 0) is 10.5 Å². The summed E-state index contributed by atoms with van der Waals surface area (Å²) < 4.78 is 22.0. The largest absolute Gasteiger partial charge is 0.493 e. The van der Waals surface area contributed by atoms with Crippen LogP contribution in [0.25, 0.3) is 0 Å². The smallest absolute Gasteiger partial charge is 0.340 e. The fourth-order valence-electron chi connectivity index (χ4n) is 3.45. The van der Waals surface area contributed by atoms with Gasteiger partial charge in [0.05, 0.1) is 26.9 Å². The van der Waals surface area contributed by atoms with Crippen molar-refractivity contribution in [3.05, 3.63) is 53.6 Å². The van der Waals surface area contributed by atoms with Crippen LogP contribution in [0.15, 0.2) is 42.5 Å². The van der Waals surface area contributed by atoms with Crippen LogP contribution in [0.4, 0.5) is 0 Å². The van der Waals surface area contributed by atoms with E-state index in [-0.39, 0.29) is 6.04 Å². The number of hydrogen-bond acceptors (Lipinski definition) is 6. The van der Waals surface area contributed by atoms with Gasteiger partial charge in [0, 0.05) is 18.0 Å². The molecule has 1 fully saturated rings. The van der Waals surface area contributed by atoms with E-state index in [1.54, 1.807) is 12.1 Å². The minimum atomic E-state index is -0.849. The van der Waals surface area contributed by atoms with Gasteiger partial charge in [-0.05, 0) is 25.5 Å². The SMILES string of the molecule is COc1cc(C(=O)OC2(c3ccccc3)CCC(C)N2)cc(OC)c1OC. The van der Waals surface area contributed by atoms with Crippen LogP contribution in [0.1, 0.15) is 35.7 Å². The Morgan fingerprint density at radius 2 is 1.67 bits per heavy atom. The minimum absolute atomic E-state index is 0.248. The molecule has 0 spiro atoms. The van der Waals surface area contributed by atoms with Crippen LogP contribution >= 0.6 is 0 Å². The van der Waals surface area contributed by atoms with Crippen LogP contribution < -0.4 is 19.5 Å². The lowest BCUT2D eigenvalue weighted by Gasteiger charge is -2.31. The maximum Gasteiger partial charge on any atom is 0.340 e. The molecule has 0 aliphatic carbocycles. The molecular formula is C21H25NO5. The first-order valence-corrected chi connectivity index (χ1v) is 8.89. The first kappa shape index (κ1) is 19.0. The summed E-state index contributed by atoms with van der Waals surface area (Å²) in [6.45, 7) is 2.08. The van der Waals surface area contributed by atoms with Crippen molar-refractivity contribution in [2.75, 3.05) is 21.3 Å². The number of carbonyl (C=O) groups is 1. The Bertz CT molecular complexity index is 782. The zero-order valence-electron chi connectivity index (χ0n) is 16.1. The molecule has 0 amide bonds. The van der Waals surface area contributed by atoms with Crippen molar-refractivity contribution >= 4 is 5.97 Å². The number of nitrogens with one attached hydrogen (secondary N) is 1. The molecule has 0 aromatic heterocycles. The quantitative estimate of drug-likeness (QED) is 0.784. The van der Waals surface area contributed by atoms with Crippen LogP contribution in [0.5, 0.6) is 17.2 Å². The maximum atomic E-state index is 13.0. The Morgan fingerprint density at radius 1 is 1.04 bits per heavy atom. The van der Waals surface area contributed by atoms with Gasteiger partial charge in [-0.1, -0.05) is 30.3 Å². The summed E-state index contributed by atoms with van der Waals surface area (Å²) in [6, 6.07) is 13.2. The average molecular weight is 371 g/mol. The predicted molar refractivity (Wildman–Crippen MR) is 101 cm³/mol. The summed E-state index contributed by atoms with van der Waals surface area (Å²) >= 11 is 0. The Hall–Kier alpha value is -2.73. The molecule has 1 aliphatic heterocycles. The van der Waals surface area contributed by atoms with E-state index in [2.05, 4.69) is 12.2 Å². The Kier molecular flexibility index (Phi) is 5.56. The third-order valence-corrected chi connectivity index (χ3v) is 4.82. The van der Waals surface area contributed by atoms with E-state index in [1.165, 1.54) is 21.3 Å². The number of rotatable bonds is 6. The monoisotopic (exact) mass is 371 g/mol. The Morgan fingerprint density at radius 3 is 2.15 bits per heavy atom. The van der Waals surface area contributed by atoms with Crippen molar-refractivity contribution in [2.45, 2.75) is 31.5 Å². The molecule has 2 aromatic rings. The van der Waals surface area contributed by atoms with Crippen molar-refractivity contribution in [1.82, 2.24) is 5.32 Å². The zero-order chi connectivity index (χ0) is 19.4. The number of methoxy groups -OCH3 is 3. The van der Waals surface area contributed by atoms with E-state index < -0.39 is 11.7 Å². The average Bonchev–Trinajstić information content (AvgIpc) is 3.08. The van der Waals surface area contributed by atoms with Gasteiger partial charge in [-0.25, -0.2) is 4.79 Å². The molecule has 2 unspecified atom stereocenters. The van der Waals surface area contributed by atoms with Gasteiger partial charge in [-0.2, -0.15) is 0 Å². The minimum Gasteiger partial charge on any atom is -0.493 e. The molecule has 1 heterocycles. The van der Waals surface area contributed by atoms with Crippen LogP contribution in [0, 0.1) is 0 Å². The highest BCUT2D eigenvalue weighted by molar-refractivity contribution is 5.91. The number of carbonyl (C=O) groups excluding carboxylic acids is 1. The summed E-state index contributed by atoms with van der Waals surface area (Å²) in [6.07, 6.45) is 1.62. The molecule has 0 radical (unpaired) electrons. The van der Waals surface area contributed by atoms with E-state index in [0.717, 1.165) is 12.0 Å².